The minimum Gasteiger partial charge on any atom is -0.392 e. The quantitative estimate of drug-likeness (QED) is 0.797. The first-order chi connectivity index (χ1) is 11.1. The lowest BCUT2D eigenvalue weighted by Crippen LogP contribution is -2.43. The lowest BCUT2D eigenvalue weighted by Gasteiger charge is -2.31. The fourth-order valence-corrected chi connectivity index (χ4v) is 3.03. The summed E-state index contributed by atoms with van der Waals surface area (Å²) in [7, 11) is 0. The van der Waals surface area contributed by atoms with E-state index in [1.807, 2.05) is 6.92 Å². The van der Waals surface area contributed by atoms with E-state index in [0.717, 1.165) is 58.9 Å². The zero-order valence-electron chi connectivity index (χ0n) is 14.9. The van der Waals surface area contributed by atoms with Crippen LogP contribution in [0.25, 0.3) is 0 Å². The van der Waals surface area contributed by atoms with Gasteiger partial charge in [-0.2, -0.15) is 0 Å². The van der Waals surface area contributed by atoms with Crippen LogP contribution in [0.1, 0.15) is 30.0 Å². The number of rotatable bonds is 8. The standard InChI is InChI=1S/C19H32N2O2/c1-4-19(22)15-21(8-7-20-9-11-23-12-10-20)14-18-6-5-16(2)13-17(18)3/h5-6,13,19,22H,4,7-12,14-15H2,1-3H3. The maximum atomic E-state index is 10.1. The van der Waals surface area contributed by atoms with E-state index in [0.29, 0.717) is 0 Å². The monoisotopic (exact) mass is 320 g/mol. The molecule has 0 amide bonds. The predicted octanol–water partition coefficient (Wildman–Crippen LogP) is 2.21. The second-order valence-electron chi connectivity index (χ2n) is 6.68. The van der Waals surface area contributed by atoms with Crippen molar-refractivity contribution in [3.63, 3.8) is 0 Å². The average molecular weight is 320 g/mol. The Morgan fingerprint density at radius 3 is 2.65 bits per heavy atom. The molecule has 4 heteroatoms. The molecule has 1 aromatic carbocycles. The average Bonchev–Trinajstić information content (AvgIpc) is 2.56. The normalized spacial score (nSPS) is 17.6. The molecule has 1 aliphatic heterocycles. The number of hydrogen-bond acceptors (Lipinski definition) is 4. The summed E-state index contributed by atoms with van der Waals surface area (Å²) >= 11 is 0. The van der Waals surface area contributed by atoms with Crippen LogP contribution >= 0.6 is 0 Å². The van der Waals surface area contributed by atoms with Gasteiger partial charge in [-0.1, -0.05) is 30.7 Å². The number of aryl methyl sites for hydroxylation is 2. The van der Waals surface area contributed by atoms with Crippen molar-refractivity contribution in [2.24, 2.45) is 0 Å². The SMILES string of the molecule is CCC(O)CN(CCN1CCOCC1)Cc1ccc(C)cc1C. The van der Waals surface area contributed by atoms with Crippen molar-refractivity contribution in [1.29, 1.82) is 0 Å². The first-order valence-corrected chi connectivity index (χ1v) is 8.85. The summed E-state index contributed by atoms with van der Waals surface area (Å²) in [6.07, 6.45) is 0.562. The van der Waals surface area contributed by atoms with Crippen molar-refractivity contribution in [2.45, 2.75) is 39.8 Å². The molecule has 0 aromatic heterocycles. The summed E-state index contributed by atoms with van der Waals surface area (Å²) in [5.74, 6) is 0. The molecule has 0 bridgehead atoms. The van der Waals surface area contributed by atoms with Crippen LogP contribution in [0.4, 0.5) is 0 Å². The molecule has 1 aliphatic rings. The van der Waals surface area contributed by atoms with Crippen LogP contribution in [-0.4, -0.2) is 66.9 Å². The number of nitrogens with zero attached hydrogens (tertiary/aromatic N) is 2. The van der Waals surface area contributed by atoms with Crippen LogP contribution in [0.15, 0.2) is 18.2 Å². The molecular weight excluding hydrogens is 288 g/mol. The van der Waals surface area contributed by atoms with Gasteiger partial charge in [-0.05, 0) is 31.4 Å². The third-order valence-electron chi connectivity index (χ3n) is 4.67. The van der Waals surface area contributed by atoms with Crippen molar-refractivity contribution in [3.8, 4) is 0 Å². The van der Waals surface area contributed by atoms with Gasteiger partial charge in [0.2, 0.25) is 0 Å². The van der Waals surface area contributed by atoms with Gasteiger partial charge < -0.3 is 9.84 Å². The largest absolute Gasteiger partial charge is 0.392 e. The van der Waals surface area contributed by atoms with Gasteiger partial charge in [-0.3, -0.25) is 9.80 Å². The molecule has 2 rings (SSSR count). The molecule has 0 radical (unpaired) electrons. The van der Waals surface area contributed by atoms with Gasteiger partial charge in [0.05, 0.1) is 19.3 Å². The Labute approximate surface area is 141 Å². The molecule has 1 heterocycles. The molecule has 1 fully saturated rings. The summed E-state index contributed by atoms with van der Waals surface area (Å²) in [4.78, 5) is 4.85. The van der Waals surface area contributed by atoms with Crippen LogP contribution in [-0.2, 0) is 11.3 Å². The Balaban J connectivity index is 1.95. The number of hydrogen-bond donors (Lipinski definition) is 1. The molecule has 1 aromatic rings. The Hall–Kier alpha value is -0.940. The van der Waals surface area contributed by atoms with Gasteiger partial charge in [-0.15, -0.1) is 0 Å². The highest BCUT2D eigenvalue weighted by molar-refractivity contribution is 5.30. The lowest BCUT2D eigenvalue weighted by atomic mass is 10.0. The molecule has 1 N–H and O–H groups in total. The summed E-state index contributed by atoms with van der Waals surface area (Å²) in [6.45, 7) is 13.8. The summed E-state index contributed by atoms with van der Waals surface area (Å²) in [6, 6.07) is 6.65. The van der Waals surface area contributed by atoms with Crippen LogP contribution in [0.2, 0.25) is 0 Å². The molecule has 0 saturated carbocycles. The Morgan fingerprint density at radius 2 is 2.00 bits per heavy atom. The fourth-order valence-electron chi connectivity index (χ4n) is 3.03. The second kappa shape index (κ2) is 9.38. The molecule has 1 atom stereocenters. The van der Waals surface area contributed by atoms with E-state index in [-0.39, 0.29) is 6.10 Å². The Bertz CT molecular complexity index is 472. The maximum absolute atomic E-state index is 10.1. The van der Waals surface area contributed by atoms with Crippen molar-refractivity contribution in [2.75, 3.05) is 45.9 Å². The van der Waals surface area contributed by atoms with E-state index < -0.39 is 0 Å². The topological polar surface area (TPSA) is 35.9 Å². The predicted molar refractivity (Wildman–Crippen MR) is 94.7 cm³/mol. The van der Waals surface area contributed by atoms with E-state index in [1.165, 1.54) is 16.7 Å². The van der Waals surface area contributed by atoms with Gasteiger partial charge >= 0.3 is 0 Å². The highest BCUT2D eigenvalue weighted by atomic mass is 16.5. The number of aliphatic hydroxyl groups excluding tert-OH is 1. The van der Waals surface area contributed by atoms with Gasteiger partial charge in [-0.25, -0.2) is 0 Å². The molecule has 130 valence electrons. The smallest absolute Gasteiger partial charge is 0.0664 e. The van der Waals surface area contributed by atoms with E-state index in [9.17, 15) is 5.11 Å². The molecule has 1 saturated heterocycles. The third-order valence-corrected chi connectivity index (χ3v) is 4.67. The van der Waals surface area contributed by atoms with Crippen molar-refractivity contribution in [1.82, 2.24) is 9.80 Å². The van der Waals surface area contributed by atoms with Crippen molar-refractivity contribution in [3.05, 3.63) is 34.9 Å². The zero-order valence-corrected chi connectivity index (χ0v) is 14.9. The zero-order chi connectivity index (χ0) is 16.7. The van der Waals surface area contributed by atoms with E-state index in [4.69, 9.17) is 4.74 Å². The molecular formula is C19H32N2O2. The lowest BCUT2D eigenvalue weighted by molar-refractivity contribution is 0.0290. The fraction of sp³-hybridized carbons (Fsp3) is 0.684. The molecule has 4 nitrogen and oxygen atoms in total. The van der Waals surface area contributed by atoms with Crippen molar-refractivity contribution >= 4 is 0 Å². The first-order valence-electron chi connectivity index (χ1n) is 8.85. The molecule has 0 aliphatic carbocycles. The minimum atomic E-state index is -0.245. The van der Waals surface area contributed by atoms with Crippen molar-refractivity contribution < 1.29 is 9.84 Å². The van der Waals surface area contributed by atoms with Crippen LogP contribution in [0.5, 0.6) is 0 Å². The number of benzene rings is 1. The maximum Gasteiger partial charge on any atom is 0.0664 e. The molecule has 0 spiro atoms. The number of morpholine rings is 1. The van der Waals surface area contributed by atoms with Gasteiger partial charge in [0.25, 0.3) is 0 Å². The molecule has 23 heavy (non-hydrogen) atoms. The van der Waals surface area contributed by atoms with Crippen LogP contribution in [0.3, 0.4) is 0 Å². The summed E-state index contributed by atoms with van der Waals surface area (Å²) in [5.41, 5.74) is 4.01. The van der Waals surface area contributed by atoms with Gasteiger partial charge in [0, 0.05) is 39.3 Å². The minimum absolute atomic E-state index is 0.245. The van der Waals surface area contributed by atoms with Crippen LogP contribution in [0, 0.1) is 13.8 Å². The Morgan fingerprint density at radius 1 is 1.26 bits per heavy atom. The van der Waals surface area contributed by atoms with Crippen LogP contribution < -0.4 is 0 Å². The highest BCUT2D eigenvalue weighted by Crippen LogP contribution is 2.14. The summed E-state index contributed by atoms with van der Waals surface area (Å²) < 4.78 is 5.42. The van der Waals surface area contributed by atoms with Gasteiger partial charge in [0.1, 0.15) is 0 Å². The first kappa shape index (κ1) is 18.4. The third kappa shape index (κ3) is 6.22. The molecule has 1 unspecified atom stereocenters. The van der Waals surface area contributed by atoms with E-state index >= 15 is 0 Å². The second-order valence-corrected chi connectivity index (χ2v) is 6.68. The van der Waals surface area contributed by atoms with E-state index in [1.54, 1.807) is 0 Å². The van der Waals surface area contributed by atoms with Gasteiger partial charge in [0.15, 0.2) is 0 Å². The number of ether oxygens (including phenoxy) is 1. The number of aliphatic hydroxyl groups is 1. The highest BCUT2D eigenvalue weighted by Gasteiger charge is 2.15. The summed E-state index contributed by atoms with van der Waals surface area (Å²) in [5, 5.41) is 10.1. The Kier molecular flexibility index (Phi) is 7.50. The van der Waals surface area contributed by atoms with E-state index in [2.05, 4.69) is 41.8 Å².